The lowest BCUT2D eigenvalue weighted by Gasteiger charge is -2.17. The lowest BCUT2D eigenvalue weighted by atomic mass is 10.1. The van der Waals surface area contributed by atoms with Crippen LogP contribution in [0, 0.1) is 6.92 Å². The molecule has 1 saturated heterocycles. The number of H-pyrrole nitrogens is 1. The van der Waals surface area contributed by atoms with E-state index in [9.17, 15) is 4.79 Å². The summed E-state index contributed by atoms with van der Waals surface area (Å²) in [6.45, 7) is 4.88. The Morgan fingerprint density at radius 3 is 2.63 bits per heavy atom. The summed E-state index contributed by atoms with van der Waals surface area (Å²) in [4.78, 5) is 18.3. The summed E-state index contributed by atoms with van der Waals surface area (Å²) in [5.74, 6) is 0.0441. The van der Waals surface area contributed by atoms with Crippen LogP contribution in [0.15, 0.2) is 46.9 Å². The SMILES string of the molecule is Cc1[nH]c2ccc(Br)cc2c1CC(=O)NCc1ccc(N2CCCC2)cc1. The van der Waals surface area contributed by atoms with E-state index < -0.39 is 0 Å². The fourth-order valence-electron chi connectivity index (χ4n) is 3.81. The molecule has 0 saturated carbocycles. The normalized spacial score (nSPS) is 14.1. The second-order valence-corrected chi connectivity index (χ2v) is 8.15. The summed E-state index contributed by atoms with van der Waals surface area (Å²) < 4.78 is 1.02. The number of amides is 1. The van der Waals surface area contributed by atoms with E-state index >= 15 is 0 Å². The van der Waals surface area contributed by atoms with Gasteiger partial charge in [-0.25, -0.2) is 0 Å². The van der Waals surface area contributed by atoms with Gasteiger partial charge in [0.25, 0.3) is 0 Å². The van der Waals surface area contributed by atoms with Crippen molar-refractivity contribution in [2.75, 3.05) is 18.0 Å². The van der Waals surface area contributed by atoms with E-state index in [4.69, 9.17) is 0 Å². The highest BCUT2D eigenvalue weighted by molar-refractivity contribution is 9.10. The van der Waals surface area contributed by atoms with Gasteiger partial charge in [0.2, 0.25) is 5.91 Å². The molecule has 2 heterocycles. The minimum Gasteiger partial charge on any atom is -0.372 e. The molecule has 1 amide bonds. The van der Waals surface area contributed by atoms with Crippen LogP contribution in [0.4, 0.5) is 5.69 Å². The number of benzene rings is 2. The topological polar surface area (TPSA) is 48.1 Å². The number of halogens is 1. The first-order valence-corrected chi connectivity index (χ1v) is 10.3. The quantitative estimate of drug-likeness (QED) is 0.622. The largest absolute Gasteiger partial charge is 0.372 e. The molecule has 0 spiro atoms. The van der Waals surface area contributed by atoms with Crippen molar-refractivity contribution in [3.05, 3.63) is 63.8 Å². The lowest BCUT2D eigenvalue weighted by molar-refractivity contribution is -0.120. The molecule has 0 atom stereocenters. The van der Waals surface area contributed by atoms with E-state index in [0.29, 0.717) is 13.0 Å². The second-order valence-electron chi connectivity index (χ2n) is 7.23. The molecule has 1 fully saturated rings. The Balaban J connectivity index is 1.38. The van der Waals surface area contributed by atoms with E-state index in [1.807, 2.05) is 19.1 Å². The number of carbonyl (C=O) groups excluding carboxylic acids is 1. The van der Waals surface area contributed by atoms with Crippen molar-refractivity contribution in [2.24, 2.45) is 0 Å². The van der Waals surface area contributed by atoms with Crippen molar-refractivity contribution >= 4 is 38.4 Å². The van der Waals surface area contributed by atoms with Gasteiger partial charge in [-0.05, 0) is 61.2 Å². The molecular weight excluding hydrogens is 402 g/mol. The molecule has 4 rings (SSSR count). The standard InChI is InChI=1S/C22H24BrN3O/c1-15-19(20-12-17(23)6-9-21(20)25-15)13-22(27)24-14-16-4-7-18(8-5-16)26-10-2-3-11-26/h4-9,12,25H,2-3,10-11,13-14H2,1H3,(H,24,27). The zero-order chi connectivity index (χ0) is 18.8. The van der Waals surface area contributed by atoms with E-state index in [2.05, 4.69) is 61.5 Å². The van der Waals surface area contributed by atoms with E-state index in [1.54, 1.807) is 0 Å². The van der Waals surface area contributed by atoms with Crippen molar-refractivity contribution in [1.29, 1.82) is 0 Å². The summed E-state index contributed by atoms with van der Waals surface area (Å²) in [7, 11) is 0. The molecule has 1 aliphatic rings. The van der Waals surface area contributed by atoms with E-state index in [0.717, 1.165) is 45.3 Å². The first kappa shape index (κ1) is 18.1. The number of hydrogen-bond donors (Lipinski definition) is 2. The smallest absolute Gasteiger partial charge is 0.224 e. The van der Waals surface area contributed by atoms with Crippen LogP contribution in [-0.4, -0.2) is 24.0 Å². The van der Waals surface area contributed by atoms with Crippen LogP contribution < -0.4 is 10.2 Å². The molecule has 0 unspecified atom stereocenters. The van der Waals surface area contributed by atoms with E-state index in [-0.39, 0.29) is 5.91 Å². The van der Waals surface area contributed by atoms with Gasteiger partial charge < -0.3 is 15.2 Å². The predicted octanol–water partition coefficient (Wildman–Crippen LogP) is 4.70. The molecule has 3 aromatic rings. The highest BCUT2D eigenvalue weighted by Crippen LogP contribution is 2.26. The number of aromatic amines is 1. The Morgan fingerprint density at radius 1 is 1.15 bits per heavy atom. The van der Waals surface area contributed by atoms with Crippen molar-refractivity contribution in [2.45, 2.75) is 32.7 Å². The Labute approximate surface area is 168 Å². The van der Waals surface area contributed by atoms with Crippen molar-refractivity contribution < 1.29 is 4.79 Å². The second kappa shape index (κ2) is 7.77. The van der Waals surface area contributed by atoms with Gasteiger partial charge in [-0.1, -0.05) is 28.1 Å². The third kappa shape index (κ3) is 4.03. The van der Waals surface area contributed by atoms with Crippen molar-refractivity contribution in [3.63, 3.8) is 0 Å². The fraction of sp³-hybridized carbons (Fsp3) is 0.318. The Hall–Kier alpha value is -2.27. The van der Waals surface area contributed by atoms with Crippen LogP contribution in [0.1, 0.15) is 29.7 Å². The van der Waals surface area contributed by atoms with Gasteiger partial charge in [0.15, 0.2) is 0 Å². The Bertz CT molecular complexity index is 956. The average molecular weight is 426 g/mol. The lowest BCUT2D eigenvalue weighted by Crippen LogP contribution is -2.24. The highest BCUT2D eigenvalue weighted by Gasteiger charge is 2.14. The van der Waals surface area contributed by atoms with Gasteiger partial charge in [0.1, 0.15) is 0 Å². The molecule has 5 heteroatoms. The zero-order valence-corrected chi connectivity index (χ0v) is 17.1. The maximum absolute atomic E-state index is 12.5. The van der Waals surface area contributed by atoms with Crippen LogP contribution in [0.2, 0.25) is 0 Å². The first-order valence-electron chi connectivity index (χ1n) is 9.47. The predicted molar refractivity (Wildman–Crippen MR) is 114 cm³/mol. The molecule has 0 radical (unpaired) electrons. The third-order valence-electron chi connectivity index (χ3n) is 5.32. The van der Waals surface area contributed by atoms with Gasteiger partial charge in [-0.15, -0.1) is 0 Å². The average Bonchev–Trinajstić information content (AvgIpc) is 3.30. The third-order valence-corrected chi connectivity index (χ3v) is 5.81. The first-order chi connectivity index (χ1) is 13.1. The van der Waals surface area contributed by atoms with Crippen LogP contribution >= 0.6 is 15.9 Å². The van der Waals surface area contributed by atoms with E-state index in [1.165, 1.54) is 18.5 Å². The number of carbonyl (C=O) groups is 1. The summed E-state index contributed by atoms with van der Waals surface area (Å²) in [5.41, 5.74) is 5.59. The molecule has 2 aromatic carbocycles. The number of nitrogens with zero attached hydrogens (tertiary/aromatic N) is 1. The maximum atomic E-state index is 12.5. The van der Waals surface area contributed by atoms with Crippen LogP contribution in [-0.2, 0) is 17.8 Å². The Morgan fingerprint density at radius 2 is 1.89 bits per heavy atom. The molecule has 1 aliphatic heterocycles. The summed E-state index contributed by atoms with van der Waals surface area (Å²) >= 11 is 3.52. The van der Waals surface area contributed by atoms with Gasteiger partial charge in [0.05, 0.1) is 6.42 Å². The van der Waals surface area contributed by atoms with Gasteiger partial charge in [-0.2, -0.15) is 0 Å². The number of aryl methyl sites for hydroxylation is 1. The highest BCUT2D eigenvalue weighted by atomic mass is 79.9. The van der Waals surface area contributed by atoms with Crippen LogP contribution in [0.25, 0.3) is 10.9 Å². The molecule has 0 aliphatic carbocycles. The number of hydrogen-bond acceptors (Lipinski definition) is 2. The van der Waals surface area contributed by atoms with Gasteiger partial charge in [-0.3, -0.25) is 4.79 Å². The number of rotatable bonds is 5. The number of anilines is 1. The number of nitrogens with one attached hydrogen (secondary N) is 2. The molecular formula is C22H24BrN3O. The van der Waals surface area contributed by atoms with Gasteiger partial charge >= 0.3 is 0 Å². The summed E-state index contributed by atoms with van der Waals surface area (Å²) in [5, 5.41) is 4.16. The number of fused-ring (bicyclic) bond motifs is 1. The monoisotopic (exact) mass is 425 g/mol. The molecule has 27 heavy (non-hydrogen) atoms. The van der Waals surface area contributed by atoms with Gasteiger partial charge in [0, 0.05) is 46.4 Å². The molecule has 1 aromatic heterocycles. The summed E-state index contributed by atoms with van der Waals surface area (Å²) in [6, 6.07) is 14.7. The minimum absolute atomic E-state index is 0.0441. The van der Waals surface area contributed by atoms with Crippen molar-refractivity contribution in [3.8, 4) is 0 Å². The molecule has 4 nitrogen and oxygen atoms in total. The Kier molecular flexibility index (Phi) is 5.21. The molecule has 0 bridgehead atoms. The zero-order valence-electron chi connectivity index (χ0n) is 15.5. The van der Waals surface area contributed by atoms with Crippen LogP contribution in [0.3, 0.4) is 0 Å². The fourth-order valence-corrected chi connectivity index (χ4v) is 4.17. The van der Waals surface area contributed by atoms with Crippen molar-refractivity contribution in [1.82, 2.24) is 10.3 Å². The minimum atomic E-state index is 0.0441. The van der Waals surface area contributed by atoms with Crippen LogP contribution in [0.5, 0.6) is 0 Å². The molecule has 2 N–H and O–H groups in total. The number of aromatic nitrogens is 1. The maximum Gasteiger partial charge on any atom is 0.224 e. The molecule has 140 valence electrons. The summed E-state index contributed by atoms with van der Waals surface area (Å²) in [6.07, 6.45) is 2.94.